The molecule has 23 heavy (non-hydrogen) atoms. The smallest absolute Gasteiger partial charge is 0.279 e. The van der Waals surface area contributed by atoms with E-state index in [4.69, 9.17) is 0 Å². The van der Waals surface area contributed by atoms with Crippen LogP contribution in [-0.4, -0.2) is 55.8 Å². The zero-order valence-corrected chi connectivity index (χ0v) is 14.7. The standard InChI is InChI=1S/C15H23N3O3S2/c19-15(14-7-5-11-22-14)17-8-4-6-13(12-17)16-23(20,21)18-9-2-1-3-10-18/h5,7,11,13,16H,1-4,6,8-10,12H2/t13-/m0/s1. The molecule has 0 aromatic carbocycles. The molecule has 1 N–H and O–H groups in total. The summed E-state index contributed by atoms with van der Waals surface area (Å²) in [5.74, 6) is 0.00173. The van der Waals surface area contributed by atoms with E-state index in [1.165, 1.54) is 15.6 Å². The van der Waals surface area contributed by atoms with Crippen LogP contribution >= 0.6 is 11.3 Å². The minimum absolute atomic E-state index is 0.00173. The van der Waals surface area contributed by atoms with Crippen LogP contribution in [0.1, 0.15) is 41.8 Å². The topological polar surface area (TPSA) is 69.7 Å². The van der Waals surface area contributed by atoms with Gasteiger partial charge in [-0.2, -0.15) is 17.4 Å². The summed E-state index contributed by atoms with van der Waals surface area (Å²) in [7, 11) is -3.44. The van der Waals surface area contributed by atoms with Gasteiger partial charge in [-0.25, -0.2) is 0 Å². The molecule has 1 amide bonds. The maximum absolute atomic E-state index is 12.5. The molecule has 1 aromatic heterocycles. The molecule has 0 unspecified atom stereocenters. The monoisotopic (exact) mass is 357 g/mol. The zero-order chi connectivity index (χ0) is 16.3. The summed E-state index contributed by atoms with van der Waals surface area (Å²) in [6.07, 6.45) is 4.55. The number of nitrogens with one attached hydrogen (secondary N) is 1. The molecule has 3 heterocycles. The molecule has 0 aliphatic carbocycles. The van der Waals surface area contributed by atoms with Gasteiger partial charge in [0, 0.05) is 32.2 Å². The van der Waals surface area contributed by atoms with Crippen molar-refractivity contribution in [1.82, 2.24) is 13.9 Å². The van der Waals surface area contributed by atoms with Gasteiger partial charge in [-0.3, -0.25) is 4.79 Å². The summed E-state index contributed by atoms with van der Waals surface area (Å²) in [5.41, 5.74) is 0. The predicted octanol–water partition coefficient (Wildman–Crippen LogP) is 1.67. The lowest BCUT2D eigenvalue weighted by atomic mass is 10.1. The van der Waals surface area contributed by atoms with Gasteiger partial charge in [0.2, 0.25) is 0 Å². The Balaban J connectivity index is 1.61. The van der Waals surface area contributed by atoms with Crippen LogP contribution in [0, 0.1) is 0 Å². The molecule has 0 radical (unpaired) electrons. The lowest BCUT2D eigenvalue weighted by Crippen LogP contribution is -2.53. The molecule has 8 heteroatoms. The Morgan fingerprint density at radius 3 is 2.65 bits per heavy atom. The molecule has 3 rings (SSSR count). The van der Waals surface area contributed by atoms with Crippen LogP contribution in [0.2, 0.25) is 0 Å². The predicted molar refractivity (Wildman–Crippen MR) is 90.7 cm³/mol. The van der Waals surface area contributed by atoms with Gasteiger partial charge in [0.1, 0.15) is 0 Å². The van der Waals surface area contributed by atoms with Crippen molar-refractivity contribution in [2.75, 3.05) is 26.2 Å². The number of piperidine rings is 2. The number of carbonyl (C=O) groups is 1. The maximum atomic E-state index is 12.5. The fourth-order valence-corrected chi connectivity index (χ4v) is 5.40. The molecular weight excluding hydrogens is 334 g/mol. The molecule has 128 valence electrons. The first kappa shape index (κ1) is 16.9. The molecule has 2 saturated heterocycles. The summed E-state index contributed by atoms with van der Waals surface area (Å²) in [4.78, 5) is 14.9. The highest BCUT2D eigenvalue weighted by atomic mass is 32.2. The van der Waals surface area contributed by atoms with Gasteiger partial charge in [-0.05, 0) is 37.1 Å². The summed E-state index contributed by atoms with van der Waals surface area (Å²) in [6, 6.07) is 3.48. The van der Waals surface area contributed by atoms with Gasteiger partial charge in [0.15, 0.2) is 0 Å². The summed E-state index contributed by atoms with van der Waals surface area (Å²) >= 11 is 1.42. The van der Waals surface area contributed by atoms with Crippen LogP contribution < -0.4 is 4.72 Å². The first-order valence-electron chi connectivity index (χ1n) is 8.16. The van der Waals surface area contributed by atoms with Gasteiger partial charge >= 0.3 is 0 Å². The van der Waals surface area contributed by atoms with Gasteiger partial charge in [-0.1, -0.05) is 12.5 Å². The van der Waals surface area contributed by atoms with Crippen molar-refractivity contribution in [3.8, 4) is 0 Å². The van der Waals surface area contributed by atoms with Crippen molar-refractivity contribution in [3.05, 3.63) is 22.4 Å². The minimum atomic E-state index is -3.44. The van der Waals surface area contributed by atoms with E-state index in [2.05, 4.69) is 4.72 Å². The average Bonchev–Trinajstić information content (AvgIpc) is 3.09. The number of hydrogen-bond donors (Lipinski definition) is 1. The number of likely N-dealkylation sites (tertiary alicyclic amines) is 1. The molecule has 2 aliphatic heterocycles. The Bertz CT molecular complexity index is 624. The van der Waals surface area contributed by atoms with Crippen molar-refractivity contribution in [3.63, 3.8) is 0 Å². The highest BCUT2D eigenvalue weighted by Gasteiger charge is 2.31. The van der Waals surface area contributed by atoms with E-state index in [9.17, 15) is 13.2 Å². The van der Waals surface area contributed by atoms with E-state index in [0.717, 1.165) is 32.1 Å². The number of rotatable bonds is 4. The quantitative estimate of drug-likeness (QED) is 0.891. The Morgan fingerprint density at radius 2 is 1.96 bits per heavy atom. The Labute approximate surface area is 141 Å². The van der Waals surface area contributed by atoms with Gasteiger partial charge in [0.05, 0.1) is 4.88 Å². The third kappa shape index (κ3) is 4.12. The Morgan fingerprint density at radius 1 is 1.17 bits per heavy atom. The highest BCUT2D eigenvalue weighted by Crippen LogP contribution is 2.19. The lowest BCUT2D eigenvalue weighted by Gasteiger charge is -2.34. The molecule has 0 spiro atoms. The molecule has 0 bridgehead atoms. The number of thiophene rings is 1. The van der Waals surface area contributed by atoms with Crippen LogP contribution in [-0.2, 0) is 10.2 Å². The fraction of sp³-hybridized carbons (Fsp3) is 0.667. The van der Waals surface area contributed by atoms with Gasteiger partial charge in [0.25, 0.3) is 16.1 Å². The average molecular weight is 358 g/mol. The third-order valence-electron chi connectivity index (χ3n) is 4.41. The Kier molecular flexibility index (Phi) is 5.35. The molecule has 0 saturated carbocycles. The van der Waals surface area contributed by atoms with Crippen molar-refractivity contribution in [1.29, 1.82) is 0 Å². The van der Waals surface area contributed by atoms with E-state index < -0.39 is 10.2 Å². The molecular formula is C15H23N3O3S2. The van der Waals surface area contributed by atoms with Crippen LogP contribution in [0.4, 0.5) is 0 Å². The summed E-state index contributed by atoms with van der Waals surface area (Å²) in [6.45, 7) is 2.34. The summed E-state index contributed by atoms with van der Waals surface area (Å²) in [5, 5.41) is 1.88. The van der Waals surface area contributed by atoms with Gasteiger partial charge < -0.3 is 4.90 Å². The van der Waals surface area contributed by atoms with E-state index in [-0.39, 0.29) is 11.9 Å². The zero-order valence-electron chi connectivity index (χ0n) is 13.1. The molecule has 1 atom stereocenters. The highest BCUT2D eigenvalue weighted by molar-refractivity contribution is 7.87. The Hall–Kier alpha value is -0.960. The van der Waals surface area contributed by atoms with E-state index >= 15 is 0 Å². The normalized spacial score (nSPS) is 23.8. The van der Waals surface area contributed by atoms with Crippen LogP contribution in [0.3, 0.4) is 0 Å². The minimum Gasteiger partial charge on any atom is -0.336 e. The third-order valence-corrected chi connectivity index (χ3v) is 6.95. The van der Waals surface area contributed by atoms with E-state index in [1.54, 1.807) is 4.90 Å². The number of carbonyl (C=O) groups excluding carboxylic acids is 1. The van der Waals surface area contributed by atoms with Crippen molar-refractivity contribution >= 4 is 27.5 Å². The largest absolute Gasteiger partial charge is 0.336 e. The summed E-state index contributed by atoms with van der Waals surface area (Å²) < 4.78 is 29.3. The second kappa shape index (κ2) is 7.29. The molecule has 2 aliphatic rings. The second-order valence-corrected chi connectivity index (χ2v) is 8.80. The second-order valence-electron chi connectivity index (χ2n) is 6.15. The number of amides is 1. The van der Waals surface area contributed by atoms with Crippen LogP contribution in [0.25, 0.3) is 0 Å². The SMILES string of the molecule is O=C(c1cccs1)N1CCC[C@H](NS(=O)(=O)N2CCCCC2)C1. The maximum Gasteiger partial charge on any atom is 0.279 e. The molecule has 1 aromatic rings. The van der Waals surface area contributed by atoms with Crippen molar-refractivity contribution in [2.24, 2.45) is 0 Å². The van der Waals surface area contributed by atoms with Crippen LogP contribution in [0.15, 0.2) is 17.5 Å². The van der Waals surface area contributed by atoms with Gasteiger partial charge in [-0.15, -0.1) is 11.3 Å². The van der Waals surface area contributed by atoms with Crippen molar-refractivity contribution < 1.29 is 13.2 Å². The van der Waals surface area contributed by atoms with E-state index in [1.807, 2.05) is 17.5 Å². The first-order valence-corrected chi connectivity index (χ1v) is 10.5. The number of hydrogen-bond acceptors (Lipinski definition) is 4. The van der Waals surface area contributed by atoms with Crippen molar-refractivity contribution in [2.45, 2.75) is 38.1 Å². The molecule has 2 fully saturated rings. The lowest BCUT2D eigenvalue weighted by molar-refractivity contribution is 0.0707. The fourth-order valence-electron chi connectivity index (χ4n) is 3.20. The molecule has 6 nitrogen and oxygen atoms in total. The first-order chi connectivity index (χ1) is 11.1. The van der Waals surface area contributed by atoms with E-state index in [0.29, 0.717) is 31.1 Å². The van der Waals surface area contributed by atoms with Crippen LogP contribution in [0.5, 0.6) is 0 Å². The number of nitrogens with zero attached hydrogens (tertiary/aromatic N) is 2.